The minimum Gasteiger partial charge on any atom is -0.327 e. The number of amides is 1. The minimum absolute atomic E-state index is 0.0885. The van der Waals surface area contributed by atoms with Crippen LogP contribution in [0.25, 0.3) is 0 Å². The Morgan fingerprint density at radius 2 is 1.77 bits per heavy atom. The third-order valence-electron chi connectivity index (χ3n) is 6.94. The highest BCUT2D eigenvalue weighted by Crippen LogP contribution is 2.46. The lowest BCUT2D eigenvalue weighted by atomic mass is 9.95. The van der Waals surface area contributed by atoms with Gasteiger partial charge in [-0.2, -0.15) is 5.26 Å². The molecule has 5 rings (SSSR count). The number of nitrogens with one attached hydrogen (secondary N) is 1. The highest BCUT2D eigenvalue weighted by Gasteiger charge is 2.36. The first-order valence-electron chi connectivity index (χ1n) is 11.6. The van der Waals surface area contributed by atoms with E-state index in [1.807, 2.05) is 6.92 Å². The molecule has 0 aliphatic heterocycles. The largest absolute Gasteiger partial charge is 0.327 e. The Kier molecular flexibility index (Phi) is 5.55. The molecule has 0 bridgehead atoms. The molecule has 0 unspecified atom stereocenters. The van der Waals surface area contributed by atoms with E-state index in [4.69, 9.17) is 0 Å². The zero-order valence-corrected chi connectivity index (χ0v) is 19.2. The van der Waals surface area contributed by atoms with Crippen molar-refractivity contribution in [2.24, 2.45) is 0 Å². The first-order valence-corrected chi connectivity index (χ1v) is 12.6. The first-order chi connectivity index (χ1) is 15.1. The third kappa shape index (κ3) is 4.00. The van der Waals surface area contributed by atoms with E-state index in [1.165, 1.54) is 56.7 Å². The molecule has 3 aliphatic carbocycles. The number of rotatable bonds is 7. The van der Waals surface area contributed by atoms with Gasteiger partial charge in [0.25, 0.3) is 0 Å². The van der Waals surface area contributed by atoms with Crippen molar-refractivity contribution in [1.82, 2.24) is 19.3 Å². The third-order valence-corrected chi connectivity index (χ3v) is 7.89. The standard InChI is InChI=1S/C23H30N6OS/c1-14-15(2)28(17-6-4-3-5-7-17)22(19(14)12-24)25-20(30)13-31-23-27-26-21(16-8-9-16)29(23)18-10-11-18/h16-18H,3-11,13H2,1-2H3,(H,25,30). The van der Waals surface area contributed by atoms with Gasteiger partial charge in [0.05, 0.1) is 11.3 Å². The average molecular weight is 439 g/mol. The Hall–Kier alpha value is -2.27. The van der Waals surface area contributed by atoms with Gasteiger partial charge in [-0.15, -0.1) is 10.2 Å². The zero-order valence-electron chi connectivity index (χ0n) is 18.4. The summed E-state index contributed by atoms with van der Waals surface area (Å²) in [4.78, 5) is 12.9. The SMILES string of the molecule is Cc1c(C#N)c(NC(=O)CSc2nnc(C3CC3)n2C2CC2)n(C2CCCCC2)c1C. The van der Waals surface area contributed by atoms with Crippen LogP contribution >= 0.6 is 11.8 Å². The van der Waals surface area contributed by atoms with Gasteiger partial charge in [0.15, 0.2) is 5.16 Å². The lowest BCUT2D eigenvalue weighted by molar-refractivity contribution is -0.113. The fraction of sp³-hybridized carbons (Fsp3) is 0.652. The van der Waals surface area contributed by atoms with Crippen molar-refractivity contribution in [3.8, 4) is 6.07 Å². The van der Waals surface area contributed by atoms with E-state index in [0.29, 0.717) is 29.4 Å². The smallest absolute Gasteiger partial charge is 0.235 e. The van der Waals surface area contributed by atoms with Crippen LogP contribution in [0.5, 0.6) is 0 Å². The predicted molar refractivity (Wildman–Crippen MR) is 120 cm³/mol. The maximum atomic E-state index is 12.9. The maximum Gasteiger partial charge on any atom is 0.235 e. The van der Waals surface area contributed by atoms with Crippen LogP contribution in [0.1, 0.15) is 98.4 Å². The molecule has 3 saturated carbocycles. The summed E-state index contributed by atoms with van der Waals surface area (Å²) in [5, 5.41) is 22.6. The molecule has 3 fully saturated rings. The van der Waals surface area contributed by atoms with Gasteiger partial charge < -0.3 is 14.5 Å². The molecule has 3 aliphatic rings. The van der Waals surface area contributed by atoms with Crippen LogP contribution < -0.4 is 5.32 Å². The molecule has 0 radical (unpaired) electrons. The fourth-order valence-electron chi connectivity index (χ4n) is 4.86. The van der Waals surface area contributed by atoms with Crippen LogP contribution in [0.2, 0.25) is 0 Å². The lowest BCUT2D eigenvalue weighted by Gasteiger charge is -2.27. The lowest BCUT2D eigenvalue weighted by Crippen LogP contribution is -2.22. The van der Waals surface area contributed by atoms with Crippen molar-refractivity contribution < 1.29 is 4.79 Å². The minimum atomic E-state index is -0.0885. The van der Waals surface area contributed by atoms with Crippen LogP contribution in [0.15, 0.2) is 5.16 Å². The summed E-state index contributed by atoms with van der Waals surface area (Å²) in [6.07, 6.45) is 10.6. The average Bonchev–Trinajstić information content (AvgIpc) is 3.71. The quantitative estimate of drug-likeness (QED) is 0.614. The van der Waals surface area contributed by atoms with Gasteiger partial charge in [-0.25, -0.2) is 0 Å². The van der Waals surface area contributed by atoms with Gasteiger partial charge >= 0.3 is 0 Å². The summed E-state index contributed by atoms with van der Waals surface area (Å²) < 4.78 is 4.49. The Bertz CT molecular complexity index is 1030. The van der Waals surface area contributed by atoms with E-state index >= 15 is 0 Å². The molecule has 2 aromatic rings. The topological polar surface area (TPSA) is 88.5 Å². The van der Waals surface area contributed by atoms with Gasteiger partial charge in [0.1, 0.15) is 17.7 Å². The molecule has 31 heavy (non-hydrogen) atoms. The monoisotopic (exact) mass is 438 g/mol. The molecule has 0 aromatic carbocycles. The number of nitrogens with zero attached hydrogens (tertiary/aromatic N) is 5. The normalized spacial score (nSPS) is 19.4. The van der Waals surface area contributed by atoms with E-state index in [0.717, 1.165) is 35.1 Å². The van der Waals surface area contributed by atoms with E-state index in [2.05, 4.69) is 37.6 Å². The van der Waals surface area contributed by atoms with Crippen molar-refractivity contribution in [3.05, 3.63) is 22.6 Å². The molecular weight excluding hydrogens is 408 g/mol. The maximum absolute atomic E-state index is 12.9. The number of thioether (sulfide) groups is 1. The number of anilines is 1. The highest BCUT2D eigenvalue weighted by atomic mass is 32.2. The summed E-state index contributed by atoms with van der Waals surface area (Å²) in [5.74, 6) is 2.52. The highest BCUT2D eigenvalue weighted by molar-refractivity contribution is 7.99. The van der Waals surface area contributed by atoms with Crippen LogP contribution in [-0.2, 0) is 4.79 Å². The summed E-state index contributed by atoms with van der Waals surface area (Å²) in [5.41, 5.74) is 2.66. The number of aromatic nitrogens is 4. The summed E-state index contributed by atoms with van der Waals surface area (Å²) in [6.45, 7) is 4.04. The van der Waals surface area contributed by atoms with Crippen LogP contribution in [0.3, 0.4) is 0 Å². The molecular formula is C23H30N6OS. The Balaban J connectivity index is 1.33. The van der Waals surface area contributed by atoms with Crippen molar-refractivity contribution >= 4 is 23.5 Å². The van der Waals surface area contributed by atoms with Crippen molar-refractivity contribution in [3.63, 3.8) is 0 Å². The molecule has 7 nitrogen and oxygen atoms in total. The van der Waals surface area contributed by atoms with Gasteiger partial charge in [0.2, 0.25) is 5.91 Å². The van der Waals surface area contributed by atoms with Crippen LogP contribution in [-0.4, -0.2) is 31.0 Å². The first kappa shape index (κ1) is 20.6. The van der Waals surface area contributed by atoms with E-state index < -0.39 is 0 Å². The van der Waals surface area contributed by atoms with E-state index in [-0.39, 0.29) is 11.7 Å². The summed E-state index contributed by atoms with van der Waals surface area (Å²) >= 11 is 1.46. The van der Waals surface area contributed by atoms with Crippen molar-refractivity contribution in [2.75, 3.05) is 11.1 Å². The molecule has 0 spiro atoms. The molecule has 1 amide bonds. The number of carbonyl (C=O) groups excluding carboxylic acids is 1. The Morgan fingerprint density at radius 1 is 1.06 bits per heavy atom. The molecule has 164 valence electrons. The summed E-state index contributed by atoms with van der Waals surface area (Å²) in [7, 11) is 0. The Morgan fingerprint density at radius 3 is 2.42 bits per heavy atom. The van der Waals surface area contributed by atoms with Crippen molar-refractivity contribution in [1.29, 1.82) is 5.26 Å². The van der Waals surface area contributed by atoms with Crippen LogP contribution in [0, 0.1) is 25.2 Å². The molecule has 0 atom stereocenters. The second kappa shape index (κ2) is 8.34. The van der Waals surface area contributed by atoms with Gasteiger partial charge in [-0.1, -0.05) is 31.0 Å². The summed E-state index contributed by atoms with van der Waals surface area (Å²) in [6, 6.07) is 3.20. The number of hydrogen-bond donors (Lipinski definition) is 1. The van der Waals surface area contributed by atoms with E-state index in [9.17, 15) is 10.1 Å². The molecule has 1 N–H and O–H groups in total. The molecule has 0 saturated heterocycles. The van der Waals surface area contributed by atoms with Crippen LogP contribution in [0.4, 0.5) is 5.82 Å². The molecule has 8 heteroatoms. The number of carbonyl (C=O) groups is 1. The van der Waals surface area contributed by atoms with Gasteiger partial charge in [-0.05, 0) is 57.9 Å². The Labute approximate surface area is 187 Å². The van der Waals surface area contributed by atoms with Gasteiger partial charge in [-0.3, -0.25) is 4.79 Å². The molecule has 2 aromatic heterocycles. The second-order valence-electron chi connectivity index (χ2n) is 9.26. The van der Waals surface area contributed by atoms with Crippen molar-refractivity contribution in [2.45, 2.75) is 94.8 Å². The number of nitriles is 1. The molecule has 2 heterocycles. The number of hydrogen-bond acceptors (Lipinski definition) is 5. The zero-order chi connectivity index (χ0) is 21.5. The van der Waals surface area contributed by atoms with E-state index in [1.54, 1.807) is 0 Å². The second-order valence-corrected chi connectivity index (χ2v) is 10.2. The van der Waals surface area contributed by atoms with Gasteiger partial charge in [0, 0.05) is 23.7 Å². The fourth-order valence-corrected chi connectivity index (χ4v) is 5.68. The predicted octanol–water partition coefficient (Wildman–Crippen LogP) is 5.02.